The summed E-state index contributed by atoms with van der Waals surface area (Å²) in [4.78, 5) is 17.5. The lowest BCUT2D eigenvalue weighted by Crippen LogP contribution is -2.39. The van der Waals surface area contributed by atoms with Gasteiger partial charge in [-0.1, -0.05) is 46.1 Å². The van der Waals surface area contributed by atoms with Crippen LogP contribution in [0, 0.1) is 23.3 Å². The molecular formula is C30H27F2N5S. The maximum atomic E-state index is 15.9. The summed E-state index contributed by atoms with van der Waals surface area (Å²) in [6, 6.07) is 8.48. The predicted molar refractivity (Wildman–Crippen MR) is 150 cm³/mol. The van der Waals surface area contributed by atoms with Gasteiger partial charge >= 0.3 is 0 Å². The Morgan fingerprint density at radius 2 is 1.92 bits per heavy atom. The zero-order chi connectivity index (χ0) is 27.2. The molecule has 3 aromatic heterocycles. The number of thiophene rings is 1. The number of benzene rings is 1. The van der Waals surface area contributed by atoms with Crippen molar-refractivity contribution in [3.05, 3.63) is 117 Å². The van der Waals surface area contributed by atoms with Crippen LogP contribution in [0.3, 0.4) is 0 Å². The van der Waals surface area contributed by atoms with Crippen molar-refractivity contribution in [2.75, 3.05) is 5.32 Å². The molecule has 38 heavy (non-hydrogen) atoms. The molecule has 0 amide bonds. The molecule has 0 aliphatic carbocycles. The number of rotatable bonds is 7. The summed E-state index contributed by atoms with van der Waals surface area (Å²) in [7, 11) is 0. The fourth-order valence-electron chi connectivity index (χ4n) is 4.11. The highest BCUT2D eigenvalue weighted by Gasteiger charge is 2.23. The van der Waals surface area contributed by atoms with E-state index in [4.69, 9.17) is 4.98 Å². The number of anilines is 1. The van der Waals surface area contributed by atoms with Crippen LogP contribution in [0.2, 0.25) is 0 Å². The van der Waals surface area contributed by atoms with Gasteiger partial charge in [0.05, 0.1) is 28.2 Å². The second kappa shape index (κ2) is 9.61. The van der Waals surface area contributed by atoms with Gasteiger partial charge in [-0.25, -0.2) is 14.4 Å². The number of hydrogen-bond acceptors (Lipinski definition) is 5. The van der Waals surface area contributed by atoms with Gasteiger partial charge in [-0.3, -0.25) is 4.98 Å². The molecule has 0 saturated carbocycles. The smallest absolute Gasteiger partial charge is 0.176 e. The van der Waals surface area contributed by atoms with E-state index >= 15 is 4.39 Å². The van der Waals surface area contributed by atoms with Crippen molar-refractivity contribution >= 4 is 28.3 Å². The molecule has 8 heteroatoms. The van der Waals surface area contributed by atoms with Crippen LogP contribution in [0.4, 0.5) is 14.5 Å². The Hall–Kier alpha value is -4.17. The first-order valence-corrected chi connectivity index (χ1v) is 12.9. The van der Waals surface area contributed by atoms with Crippen LogP contribution >= 0.6 is 11.3 Å². The molecule has 2 N–H and O–H groups in total. The van der Waals surface area contributed by atoms with E-state index in [-0.39, 0.29) is 16.4 Å². The normalized spacial score (nSPS) is 13.0. The largest absolute Gasteiger partial charge is 0.358 e. The highest BCUT2D eigenvalue weighted by molar-refractivity contribution is 7.11. The number of aryl methyl sites for hydroxylation is 1. The lowest BCUT2D eigenvalue weighted by Gasteiger charge is -2.23. The summed E-state index contributed by atoms with van der Waals surface area (Å²) in [5.41, 5.74) is 5.05. The molecule has 5 rings (SSSR count). The number of fused-ring (bicyclic) bond motifs is 1. The lowest BCUT2D eigenvalue weighted by atomic mass is 9.93. The van der Waals surface area contributed by atoms with Gasteiger partial charge in [0, 0.05) is 44.6 Å². The van der Waals surface area contributed by atoms with Crippen LogP contribution in [0.15, 0.2) is 78.7 Å². The van der Waals surface area contributed by atoms with E-state index in [1.165, 1.54) is 6.07 Å². The molecule has 4 heterocycles. The minimum atomic E-state index is -0.390. The SMILES string of the molecule is C=C/C=C(/c1ccc(F)s1)c1nc(C2=c3c(F)c(-c4cncc(NC(=C)C(C)(C)C)c4)ccc3=N2)[nH]c1C. The molecule has 0 spiro atoms. The third kappa shape index (κ3) is 4.63. The van der Waals surface area contributed by atoms with E-state index in [9.17, 15) is 4.39 Å². The summed E-state index contributed by atoms with van der Waals surface area (Å²) >= 11 is 1.03. The van der Waals surface area contributed by atoms with Crippen molar-refractivity contribution in [2.45, 2.75) is 27.7 Å². The molecule has 192 valence electrons. The fraction of sp³-hybridized carbons (Fsp3) is 0.167. The number of imidazole rings is 1. The molecule has 1 aromatic carbocycles. The number of allylic oxidation sites excluding steroid dienone is 3. The standard InChI is InChI=1S/C30H27F2N5S/c1-7-8-21(23-11-12-24(31)38-23)27-16(2)34-29(37-27)28-25-22(36-28)10-9-20(26(25)32)18-13-19(15-33-14-18)35-17(3)30(4,5)6/h7-15,35H,1,3H2,2,4-6H3,(H,34,37)/b21-8-. The van der Waals surface area contributed by atoms with Crippen molar-refractivity contribution in [1.82, 2.24) is 15.0 Å². The minimum absolute atomic E-state index is 0.138. The molecule has 0 saturated heterocycles. The van der Waals surface area contributed by atoms with Crippen molar-refractivity contribution in [3.63, 3.8) is 0 Å². The van der Waals surface area contributed by atoms with Gasteiger partial charge in [0.25, 0.3) is 0 Å². The van der Waals surface area contributed by atoms with Crippen LogP contribution in [-0.4, -0.2) is 15.0 Å². The monoisotopic (exact) mass is 527 g/mol. The molecule has 1 aliphatic heterocycles. The maximum Gasteiger partial charge on any atom is 0.176 e. The molecule has 4 aromatic rings. The molecular weight excluding hydrogens is 500 g/mol. The van der Waals surface area contributed by atoms with Crippen molar-refractivity contribution in [2.24, 2.45) is 10.4 Å². The third-order valence-corrected chi connectivity index (χ3v) is 7.23. The number of nitrogens with zero attached hydrogens (tertiary/aromatic N) is 3. The van der Waals surface area contributed by atoms with Gasteiger partial charge in [-0.05, 0) is 37.3 Å². The van der Waals surface area contributed by atoms with Crippen LogP contribution in [0.5, 0.6) is 0 Å². The van der Waals surface area contributed by atoms with Crippen LogP contribution in [0.1, 0.15) is 42.9 Å². The molecule has 0 unspecified atom stereocenters. The molecule has 0 radical (unpaired) electrons. The van der Waals surface area contributed by atoms with Crippen LogP contribution < -0.4 is 15.9 Å². The molecule has 0 fully saturated rings. The predicted octanol–water partition coefficient (Wildman–Crippen LogP) is 6.50. The maximum absolute atomic E-state index is 15.9. The number of aromatic nitrogens is 3. The van der Waals surface area contributed by atoms with E-state index < -0.39 is 0 Å². The van der Waals surface area contributed by atoms with E-state index in [0.29, 0.717) is 38.9 Å². The van der Waals surface area contributed by atoms with Crippen molar-refractivity contribution < 1.29 is 8.78 Å². The summed E-state index contributed by atoms with van der Waals surface area (Å²) in [5.74, 6) is 0.0574. The summed E-state index contributed by atoms with van der Waals surface area (Å²) in [6.07, 6.45) is 6.74. The topological polar surface area (TPSA) is 66.0 Å². The van der Waals surface area contributed by atoms with E-state index in [2.05, 4.69) is 54.2 Å². The quantitative estimate of drug-likeness (QED) is 0.270. The number of H-pyrrole nitrogens is 1. The Morgan fingerprint density at radius 1 is 1.13 bits per heavy atom. The molecule has 0 atom stereocenters. The number of aromatic amines is 1. The average Bonchev–Trinajstić information content (AvgIpc) is 3.43. The zero-order valence-corrected chi connectivity index (χ0v) is 22.4. The highest BCUT2D eigenvalue weighted by atomic mass is 32.1. The Kier molecular flexibility index (Phi) is 6.44. The Balaban J connectivity index is 1.55. The summed E-state index contributed by atoms with van der Waals surface area (Å²) < 4.78 is 29.7. The lowest BCUT2D eigenvalue weighted by molar-refractivity contribution is 0.509. The third-order valence-electron chi connectivity index (χ3n) is 6.33. The van der Waals surface area contributed by atoms with Gasteiger partial charge in [-0.2, -0.15) is 4.39 Å². The minimum Gasteiger partial charge on any atom is -0.358 e. The number of hydrogen-bond donors (Lipinski definition) is 2. The molecule has 5 nitrogen and oxygen atoms in total. The second-order valence-electron chi connectivity index (χ2n) is 10.1. The zero-order valence-electron chi connectivity index (χ0n) is 21.6. The molecule has 0 bridgehead atoms. The number of halogens is 2. The van der Waals surface area contributed by atoms with Gasteiger partial charge in [0.2, 0.25) is 0 Å². The highest BCUT2D eigenvalue weighted by Crippen LogP contribution is 2.32. The summed E-state index contributed by atoms with van der Waals surface area (Å²) in [6.45, 7) is 15.9. The van der Waals surface area contributed by atoms with Crippen LogP contribution in [-0.2, 0) is 0 Å². The number of nitrogens with one attached hydrogen (secondary N) is 2. The summed E-state index contributed by atoms with van der Waals surface area (Å²) in [5, 5.41) is 3.95. The van der Waals surface area contributed by atoms with Gasteiger partial charge in [-0.15, -0.1) is 11.3 Å². The van der Waals surface area contributed by atoms with Crippen molar-refractivity contribution in [3.8, 4) is 11.1 Å². The molecule has 1 aliphatic rings. The fourth-order valence-corrected chi connectivity index (χ4v) is 4.87. The first-order valence-electron chi connectivity index (χ1n) is 12.1. The van der Waals surface area contributed by atoms with Gasteiger partial charge < -0.3 is 10.3 Å². The van der Waals surface area contributed by atoms with Gasteiger partial charge in [0.1, 0.15) is 11.5 Å². The van der Waals surface area contributed by atoms with E-state index in [1.54, 1.807) is 42.7 Å². The number of pyridine rings is 1. The first kappa shape index (κ1) is 25.5. The van der Waals surface area contributed by atoms with Gasteiger partial charge in [0.15, 0.2) is 11.0 Å². The first-order chi connectivity index (χ1) is 18.1. The van der Waals surface area contributed by atoms with E-state index in [0.717, 1.165) is 38.9 Å². The van der Waals surface area contributed by atoms with Crippen molar-refractivity contribution in [1.29, 1.82) is 0 Å². The average molecular weight is 528 g/mol. The Morgan fingerprint density at radius 3 is 2.61 bits per heavy atom. The Labute approximate surface area is 223 Å². The van der Waals surface area contributed by atoms with Crippen LogP contribution in [0.25, 0.3) is 22.4 Å². The second-order valence-corrected chi connectivity index (χ2v) is 11.1. The van der Waals surface area contributed by atoms with E-state index in [1.807, 2.05) is 13.0 Å². The Bertz CT molecular complexity index is 1750.